The summed E-state index contributed by atoms with van der Waals surface area (Å²) in [4.78, 5) is 12.0. The lowest BCUT2D eigenvalue weighted by Gasteiger charge is -2.12. The Morgan fingerprint density at radius 1 is 1.29 bits per heavy atom. The molecule has 0 bridgehead atoms. The standard InChI is InChI=1S/C10H7Br2NO3S/c11-9(12)5-6-13-10(14)7-3-1-2-4-8(7)17(13,15)16/h1-5H,6H2. The summed E-state index contributed by atoms with van der Waals surface area (Å²) in [7, 11) is -3.69. The van der Waals surface area contributed by atoms with E-state index in [1.807, 2.05) is 0 Å². The van der Waals surface area contributed by atoms with Gasteiger partial charge in [0.2, 0.25) is 0 Å². The van der Waals surface area contributed by atoms with Crippen molar-refractivity contribution < 1.29 is 13.2 Å². The molecule has 1 aromatic rings. The first-order valence-corrected chi connectivity index (χ1v) is 7.64. The van der Waals surface area contributed by atoms with Crippen LogP contribution in [0.25, 0.3) is 0 Å². The summed E-state index contributed by atoms with van der Waals surface area (Å²) in [6, 6.07) is 6.20. The number of carbonyl (C=O) groups is 1. The van der Waals surface area contributed by atoms with Gasteiger partial charge in [-0.25, -0.2) is 12.7 Å². The molecule has 0 atom stereocenters. The van der Waals surface area contributed by atoms with Crippen molar-refractivity contribution in [2.75, 3.05) is 6.54 Å². The third-order valence-electron chi connectivity index (χ3n) is 2.32. The van der Waals surface area contributed by atoms with Crippen LogP contribution in [0, 0.1) is 0 Å². The van der Waals surface area contributed by atoms with Gasteiger partial charge in [0.05, 0.1) is 15.5 Å². The van der Waals surface area contributed by atoms with E-state index in [9.17, 15) is 13.2 Å². The molecule has 90 valence electrons. The van der Waals surface area contributed by atoms with Crippen molar-refractivity contribution in [3.63, 3.8) is 0 Å². The number of carbonyl (C=O) groups excluding carboxylic acids is 1. The Morgan fingerprint density at radius 2 is 1.94 bits per heavy atom. The van der Waals surface area contributed by atoms with Crippen LogP contribution >= 0.6 is 31.9 Å². The Morgan fingerprint density at radius 3 is 2.53 bits per heavy atom. The molecule has 4 nitrogen and oxygen atoms in total. The second-order valence-electron chi connectivity index (χ2n) is 3.33. The zero-order valence-electron chi connectivity index (χ0n) is 8.43. The number of sulfonamides is 1. The largest absolute Gasteiger partial charge is 0.269 e. The minimum absolute atomic E-state index is 0.00167. The molecular weight excluding hydrogens is 374 g/mol. The fourth-order valence-corrected chi connectivity index (χ4v) is 3.36. The molecule has 0 saturated heterocycles. The predicted octanol–water partition coefficient (Wildman–Crippen LogP) is 2.46. The zero-order chi connectivity index (χ0) is 12.6. The first-order valence-electron chi connectivity index (χ1n) is 4.62. The van der Waals surface area contributed by atoms with E-state index in [1.54, 1.807) is 18.2 Å². The summed E-state index contributed by atoms with van der Waals surface area (Å²) >= 11 is 6.24. The van der Waals surface area contributed by atoms with E-state index in [4.69, 9.17) is 0 Å². The quantitative estimate of drug-likeness (QED) is 0.791. The summed E-state index contributed by atoms with van der Waals surface area (Å²) in [6.07, 6.45) is 1.56. The lowest BCUT2D eigenvalue weighted by atomic mass is 10.2. The molecule has 0 saturated carbocycles. The number of fused-ring (bicyclic) bond motifs is 1. The molecule has 1 aliphatic heterocycles. The lowest BCUT2D eigenvalue weighted by Crippen LogP contribution is -2.30. The summed E-state index contributed by atoms with van der Waals surface area (Å²) < 4.78 is 25.6. The van der Waals surface area contributed by atoms with Crippen molar-refractivity contribution in [1.29, 1.82) is 0 Å². The number of hydrogen-bond donors (Lipinski definition) is 0. The molecular formula is C10H7Br2NO3S. The highest BCUT2D eigenvalue weighted by Crippen LogP contribution is 2.30. The maximum Gasteiger partial charge on any atom is 0.269 e. The molecule has 7 heteroatoms. The smallest absolute Gasteiger partial charge is 0.268 e. The number of rotatable bonds is 2. The van der Waals surface area contributed by atoms with Crippen LogP contribution in [0.15, 0.2) is 38.6 Å². The van der Waals surface area contributed by atoms with Gasteiger partial charge in [0.1, 0.15) is 4.90 Å². The number of halogens is 2. The van der Waals surface area contributed by atoms with Gasteiger partial charge in [-0.2, -0.15) is 0 Å². The molecule has 0 spiro atoms. The first kappa shape index (κ1) is 12.8. The summed E-state index contributed by atoms with van der Waals surface area (Å²) in [5, 5.41) is 0. The molecule has 1 aromatic carbocycles. The molecule has 0 radical (unpaired) electrons. The third-order valence-corrected chi connectivity index (χ3v) is 4.78. The highest BCUT2D eigenvalue weighted by molar-refractivity contribution is 9.28. The van der Waals surface area contributed by atoms with Crippen molar-refractivity contribution in [1.82, 2.24) is 4.31 Å². The number of amides is 1. The first-order chi connectivity index (χ1) is 7.94. The molecule has 0 aliphatic carbocycles. The summed E-state index contributed by atoms with van der Waals surface area (Å²) in [5.41, 5.74) is 0.228. The summed E-state index contributed by atoms with van der Waals surface area (Å²) in [6.45, 7) is 0.00167. The Labute approximate surface area is 116 Å². The minimum Gasteiger partial charge on any atom is -0.268 e. The van der Waals surface area contributed by atoms with Crippen LogP contribution in [0.4, 0.5) is 0 Å². The van der Waals surface area contributed by atoms with E-state index in [-0.39, 0.29) is 17.0 Å². The second-order valence-corrected chi connectivity index (χ2v) is 7.93. The van der Waals surface area contributed by atoms with Crippen molar-refractivity contribution in [2.24, 2.45) is 0 Å². The average molecular weight is 381 g/mol. The van der Waals surface area contributed by atoms with E-state index >= 15 is 0 Å². The third kappa shape index (κ3) is 2.19. The van der Waals surface area contributed by atoms with Crippen LogP contribution < -0.4 is 0 Å². The minimum atomic E-state index is -3.69. The van der Waals surface area contributed by atoms with Crippen LogP contribution in [-0.2, 0) is 10.0 Å². The van der Waals surface area contributed by atoms with Crippen LogP contribution in [0.5, 0.6) is 0 Å². The van der Waals surface area contributed by atoms with Crippen LogP contribution in [0.1, 0.15) is 10.4 Å². The number of hydrogen-bond acceptors (Lipinski definition) is 3. The highest BCUT2D eigenvalue weighted by Gasteiger charge is 2.39. The van der Waals surface area contributed by atoms with E-state index in [2.05, 4.69) is 31.9 Å². The Bertz CT molecular complexity index is 606. The predicted molar refractivity (Wildman–Crippen MR) is 70.6 cm³/mol. The van der Waals surface area contributed by atoms with Gasteiger partial charge in [0.25, 0.3) is 15.9 Å². The number of nitrogens with zero attached hydrogens (tertiary/aromatic N) is 1. The van der Waals surface area contributed by atoms with Crippen molar-refractivity contribution in [3.8, 4) is 0 Å². The summed E-state index contributed by atoms with van der Waals surface area (Å²) in [5.74, 6) is -0.488. The van der Waals surface area contributed by atoms with Gasteiger partial charge >= 0.3 is 0 Å². The SMILES string of the molecule is O=C1c2ccccc2S(=O)(=O)N1CC=C(Br)Br. The average Bonchev–Trinajstić information content (AvgIpc) is 2.46. The van der Waals surface area contributed by atoms with Gasteiger partial charge in [-0.3, -0.25) is 4.79 Å². The van der Waals surface area contributed by atoms with Crippen molar-refractivity contribution in [2.45, 2.75) is 4.90 Å². The molecule has 2 rings (SSSR count). The van der Waals surface area contributed by atoms with E-state index in [1.165, 1.54) is 12.1 Å². The zero-order valence-corrected chi connectivity index (χ0v) is 12.4. The van der Waals surface area contributed by atoms with Crippen LogP contribution in [0.3, 0.4) is 0 Å². The highest BCUT2D eigenvalue weighted by atomic mass is 79.9. The monoisotopic (exact) mass is 379 g/mol. The maximum atomic E-state index is 12.1. The molecule has 0 aromatic heterocycles. The molecule has 1 heterocycles. The fourth-order valence-electron chi connectivity index (χ4n) is 1.56. The van der Waals surface area contributed by atoms with Crippen LogP contribution in [-0.4, -0.2) is 25.2 Å². The topological polar surface area (TPSA) is 54.5 Å². The number of benzene rings is 1. The Hall–Kier alpha value is -0.660. The van der Waals surface area contributed by atoms with Gasteiger partial charge in [-0.1, -0.05) is 12.1 Å². The fraction of sp³-hybridized carbons (Fsp3) is 0.100. The second kappa shape index (κ2) is 4.55. The normalized spacial score (nSPS) is 16.8. The molecule has 1 amide bonds. The Balaban J connectivity index is 2.48. The van der Waals surface area contributed by atoms with E-state index in [0.29, 0.717) is 3.39 Å². The van der Waals surface area contributed by atoms with Gasteiger partial charge in [-0.05, 0) is 50.1 Å². The van der Waals surface area contributed by atoms with Gasteiger partial charge in [0.15, 0.2) is 0 Å². The molecule has 0 N–H and O–H groups in total. The molecule has 0 fully saturated rings. The van der Waals surface area contributed by atoms with Gasteiger partial charge in [-0.15, -0.1) is 0 Å². The van der Waals surface area contributed by atoms with E-state index < -0.39 is 15.9 Å². The molecule has 1 aliphatic rings. The maximum absolute atomic E-state index is 12.1. The van der Waals surface area contributed by atoms with Crippen molar-refractivity contribution >= 4 is 47.8 Å². The van der Waals surface area contributed by atoms with Crippen molar-refractivity contribution in [3.05, 3.63) is 39.3 Å². The lowest BCUT2D eigenvalue weighted by molar-refractivity contribution is 0.0880. The Kier molecular flexibility index (Phi) is 3.42. The van der Waals surface area contributed by atoms with E-state index in [0.717, 1.165) is 4.31 Å². The van der Waals surface area contributed by atoms with Crippen LogP contribution in [0.2, 0.25) is 0 Å². The van der Waals surface area contributed by atoms with Gasteiger partial charge < -0.3 is 0 Å². The molecule has 17 heavy (non-hydrogen) atoms. The van der Waals surface area contributed by atoms with Gasteiger partial charge in [0, 0.05) is 0 Å². The molecule has 0 unspecified atom stereocenters.